The maximum Gasteiger partial charge on any atom is 0.407 e. The van der Waals surface area contributed by atoms with Crippen LogP contribution in [0.25, 0.3) is 44.2 Å². The predicted molar refractivity (Wildman–Crippen MR) is 240 cm³/mol. The molecule has 0 aliphatic carbocycles. The van der Waals surface area contributed by atoms with Crippen molar-refractivity contribution in [3.05, 3.63) is 64.8 Å². The Hall–Kier alpha value is -5.83. The topological polar surface area (TPSA) is 184 Å². The Labute approximate surface area is 372 Å². The van der Waals surface area contributed by atoms with Gasteiger partial charge in [0.25, 0.3) is 0 Å². The molecule has 0 radical (unpaired) electrons. The molecule has 8 rings (SSSR count). The minimum Gasteiger partial charge on any atom is -0.488 e. The van der Waals surface area contributed by atoms with Crippen molar-refractivity contribution in [2.45, 2.75) is 123 Å². The fraction of sp³-hybridized carbons (Fsp3) is 0.489. The lowest BCUT2D eigenvalue weighted by atomic mass is 9.92. The van der Waals surface area contributed by atoms with Crippen LogP contribution >= 0.6 is 11.6 Å². The van der Waals surface area contributed by atoms with Gasteiger partial charge >= 0.3 is 12.2 Å². The summed E-state index contributed by atoms with van der Waals surface area (Å²) in [5, 5.41) is 7.85. The van der Waals surface area contributed by atoms with Gasteiger partial charge in [0.1, 0.15) is 46.9 Å². The van der Waals surface area contributed by atoms with Gasteiger partial charge in [-0.25, -0.2) is 19.6 Å². The van der Waals surface area contributed by atoms with E-state index >= 15 is 0 Å². The summed E-state index contributed by atoms with van der Waals surface area (Å²) in [5.41, 5.74) is 6.04. The number of aromatic nitrogens is 4. The number of imidazole rings is 2. The van der Waals surface area contributed by atoms with Crippen LogP contribution in [-0.4, -0.2) is 92.1 Å². The number of carbonyl (C=O) groups is 4. The average Bonchev–Trinajstić information content (AvgIpc) is 4.10. The van der Waals surface area contributed by atoms with Gasteiger partial charge in [0, 0.05) is 28.6 Å². The normalized spacial score (nSPS) is 21.3. The lowest BCUT2D eigenvalue weighted by Crippen LogP contribution is -2.53. The Kier molecular flexibility index (Phi) is 12.3. The number of carbonyl (C=O) groups excluding carboxylic acids is 4. The van der Waals surface area contributed by atoms with E-state index < -0.39 is 24.3 Å². The second kappa shape index (κ2) is 17.7. The van der Waals surface area contributed by atoms with Crippen LogP contribution in [0.1, 0.15) is 109 Å². The number of alkyl carbamates (subject to hydrolysis) is 2. The van der Waals surface area contributed by atoms with Gasteiger partial charge in [0.05, 0.1) is 37.3 Å². The van der Waals surface area contributed by atoms with Crippen LogP contribution in [0.3, 0.4) is 0 Å². The molecule has 4 N–H and O–H groups in total. The highest BCUT2D eigenvalue weighted by Crippen LogP contribution is 2.45. The van der Waals surface area contributed by atoms with Crippen molar-refractivity contribution < 1.29 is 33.4 Å². The van der Waals surface area contributed by atoms with E-state index in [4.69, 9.17) is 35.8 Å². The number of fused-ring (bicyclic) bond motifs is 6. The molecule has 0 unspecified atom stereocenters. The number of rotatable bonds is 11. The average molecular weight is 881 g/mol. The zero-order valence-electron chi connectivity index (χ0n) is 37.1. The van der Waals surface area contributed by atoms with E-state index in [1.54, 1.807) is 0 Å². The summed E-state index contributed by atoms with van der Waals surface area (Å²) in [6.07, 6.45) is 3.17. The van der Waals surface area contributed by atoms with Crippen LogP contribution < -0.4 is 15.4 Å². The molecule has 0 bridgehead atoms. The lowest BCUT2D eigenvalue weighted by Gasteiger charge is -2.33. The zero-order chi connectivity index (χ0) is 44.9. The van der Waals surface area contributed by atoms with Gasteiger partial charge in [0.2, 0.25) is 11.8 Å². The molecule has 4 amide bonds. The van der Waals surface area contributed by atoms with Gasteiger partial charge in [-0.1, -0.05) is 70.3 Å². The van der Waals surface area contributed by atoms with E-state index in [0.717, 1.165) is 69.1 Å². The number of amides is 4. The number of aromatic amines is 2. The van der Waals surface area contributed by atoms with Gasteiger partial charge < -0.3 is 44.6 Å². The number of nitrogens with zero attached hydrogens (tertiary/aromatic N) is 4. The number of likely N-dealkylation sites (tertiary alicyclic amines) is 2. The Bertz CT molecular complexity index is 2570. The summed E-state index contributed by atoms with van der Waals surface area (Å²) < 4.78 is 16.2. The number of hydrogen-bond donors (Lipinski definition) is 4. The first-order valence-electron chi connectivity index (χ1n) is 22.1. The van der Waals surface area contributed by atoms with Gasteiger partial charge in [-0.15, -0.1) is 0 Å². The fourth-order valence-corrected chi connectivity index (χ4v) is 9.88. The molecule has 0 saturated carbocycles. The number of halogens is 1. The molecule has 3 aromatic carbocycles. The Morgan fingerprint density at radius 3 is 1.95 bits per heavy atom. The standard InChI is InChI=1S/C47H57ClN8O7/c1-9-23(3)37(52-46(59)61-7)44(57)55-25(5)11-17-34(55)42-49-33-16-14-27-20-32-30-15-13-28(19-29(30)22-63-36(32)21-31(27)40(33)51-42)39-41(48)54-43(50-39)35-18-12-26(6)56(35)45(58)38(24(4)10-2)53-47(60)62-8/h13-16,19-21,23-26,34-35,37-38H,9-12,17-18,22H2,1-8H3,(H,49,51)(H,50,54)(H,52,59)(H,53,60)/t23-,24-,25+,26+,34+,35+,37+,38+/m1/s1. The third kappa shape index (κ3) is 8.04. The van der Waals surface area contributed by atoms with Crippen molar-refractivity contribution in [3.63, 3.8) is 0 Å². The molecule has 63 heavy (non-hydrogen) atoms. The van der Waals surface area contributed by atoms with Crippen molar-refractivity contribution in [1.82, 2.24) is 40.4 Å². The van der Waals surface area contributed by atoms with Gasteiger partial charge in [-0.3, -0.25) is 9.59 Å². The lowest BCUT2D eigenvalue weighted by molar-refractivity contribution is -0.138. The fourth-order valence-electron chi connectivity index (χ4n) is 9.64. The van der Waals surface area contributed by atoms with Crippen LogP contribution in [-0.2, 0) is 25.7 Å². The van der Waals surface area contributed by atoms with Crippen molar-refractivity contribution in [1.29, 1.82) is 0 Å². The van der Waals surface area contributed by atoms with E-state index in [0.29, 0.717) is 48.4 Å². The molecule has 0 spiro atoms. The molecule has 334 valence electrons. The van der Waals surface area contributed by atoms with Crippen LogP contribution in [0.2, 0.25) is 5.15 Å². The Morgan fingerprint density at radius 1 is 0.794 bits per heavy atom. The van der Waals surface area contributed by atoms with Crippen molar-refractivity contribution in [2.75, 3.05) is 14.2 Å². The van der Waals surface area contributed by atoms with E-state index in [1.165, 1.54) is 14.2 Å². The molecule has 16 heteroatoms. The number of benzene rings is 3. The molecule has 8 atom stereocenters. The van der Waals surface area contributed by atoms with Crippen molar-refractivity contribution in [2.24, 2.45) is 11.8 Å². The third-order valence-corrected chi connectivity index (χ3v) is 13.9. The molecule has 15 nitrogen and oxygen atoms in total. The van der Waals surface area contributed by atoms with Crippen molar-refractivity contribution >= 4 is 57.4 Å². The molecular weight excluding hydrogens is 824 g/mol. The summed E-state index contributed by atoms with van der Waals surface area (Å²) >= 11 is 6.88. The molecule has 3 aliphatic heterocycles. The maximum absolute atomic E-state index is 14.1. The molecule has 2 saturated heterocycles. The quantitative estimate of drug-likeness (QED) is 0.101. The van der Waals surface area contributed by atoms with E-state index in [2.05, 4.69) is 44.9 Å². The van der Waals surface area contributed by atoms with Gasteiger partial charge in [-0.05, 0) is 92.1 Å². The smallest absolute Gasteiger partial charge is 0.407 e. The molecular formula is C47H57ClN8O7. The number of H-pyrrole nitrogens is 2. The van der Waals surface area contributed by atoms with Gasteiger partial charge in [0.15, 0.2) is 0 Å². The first kappa shape index (κ1) is 43.8. The maximum atomic E-state index is 14.1. The summed E-state index contributed by atoms with van der Waals surface area (Å²) in [7, 11) is 2.59. The summed E-state index contributed by atoms with van der Waals surface area (Å²) in [6, 6.07) is 12.2. The molecule has 5 aromatic rings. The summed E-state index contributed by atoms with van der Waals surface area (Å²) in [6.45, 7) is 12.3. The highest BCUT2D eigenvalue weighted by molar-refractivity contribution is 6.32. The largest absolute Gasteiger partial charge is 0.488 e. The Balaban J connectivity index is 1.06. The van der Waals surface area contributed by atoms with Crippen LogP contribution in [0.4, 0.5) is 9.59 Å². The summed E-state index contributed by atoms with van der Waals surface area (Å²) in [4.78, 5) is 73.4. The number of hydrogen-bond acceptors (Lipinski definition) is 9. The van der Waals surface area contributed by atoms with E-state index in [-0.39, 0.29) is 47.8 Å². The van der Waals surface area contributed by atoms with Crippen LogP contribution in [0, 0.1) is 11.8 Å². The second-order valence-corrected chi connectivity index (χ2v) is 17.9. The van der Waals surface area contributed by atoms with Crippen LogP contribution in [0.15, 0.2) is 42.5 Å². The SMILES string of the molecule is CC[C@@H](C)[C@H](NC(=O)OC)C(=O)N1[C@@H](C)CC[C@H]1c1nc(-c2ccc3c(c2)COc2cc4c(ccc5[nH]c([C@@H]6CC[C@H](C)N6C(=O)[C@@H](NC(=O)OC)[C@H](C)CC)nc54)cc2-3)c(Cl)[nH]1. The Morgan fingerprint density at radius 2 is 1.38 bits per heavy atom. The molecule has 2 aromatic heterocycles. The predicted octanol–water partition coefficient (Wildman–Crippen LogP) is 8.96. The number of methoxy groups -OCH3 is 2. The minimum atomic E-state index is -0.741. The third-order valence-electron chi connectivity index (χ3n) is 13.7. The highest BCUT2D eigenvalue weighted by Gasteiger charge is 2.43. The minimum absolute atomic E-state index is 0.0340. The van der Waals surface area contributed by atoms with Crippen LogP contribution in [0.5, 0.6) is 5.75 Å². The van der Waals surface area contributed by atoms with Crippen molar-refractivity contribution in [3.8, 4) is 28.1 Å². The van der Waals surface area contributed by atoms with E-state index in [1.807, 2.05) is 69.5 Å². The highest BCUT2D eigenvalue weighted by atomic mass is 35.5. The van der Waals surface area contributed by atoms with E-state index in [9.17, 15) is 19.2 Å². The molecule has 3 aliphatic rings. The molecule has 5 heterocycles. The first-order chi connectivity index (χ1) is 30.3. The van der Waals surface area contributed by atoms with Gasteiger partial charge in [-0.2, -0.15) is 0 Å². The molecule has 2 fully saturated rings. The summed E-state index contributed by atoms with van der Waals surface area (Å²) in [5.74, 6) is 1.54. The number of ether oxygens (including phenoxy) is 3. The monoisotopic (exact) mass is 880 g/mol. The second-order valence-electron chi connectivity index (χ2n) is 17.5. The number of nitrogens with one attached hydrogen (secondary N) is 4. The zero-order valence-corrected chi connectivity index (χ0v) is 37.9. The first-order valence-corrected chi connectivity index (χ1v) is 22.5.